The van der Waals surface area contributed by atoms with Gasteiger partial charge >= 0.3 is 0 Å². The van der Waals surface area contributed by atoms with Crippen LogP contribution in [0.2, 0.25) is 10.0 Å². The highest BCUT2D eigenvalue weighted by Gasteiger charge is 2.17. The minimum atomic E-state index is -0.522. The number of benzene rings is 2. The van der Waals surface area contributed by atoms with Crippen LogP contribution in [0.4, 0.5) is 11.4 Å². The Balaban J connectivity index is 2.30. The first-order valence-corrected chi connectivity index (χ1v) is 6.63. The van der Waals surface area contributed by atoms with Crippen molar-refractivity contribution in [1.82, 2.24) is 0 Å². The van der Waals surface area contributed by atoms with E-state index in [4.69, 9.17) is 23.2 Å². The number of nitrogens with zero attached hydrogens (tertiary/aromatic N) is 2. The van der Waals surface area contributed by atoms with E-state index in [2.05, 4.69) is 0 Å². The molecule has 1 amide bonds. The third-order valence-electron chi connectivity index (χ3n) is 2.90. The lowest BCUT2D eigenvalue weighted by atomic mass is 10.1. The number of carbonyl (C=O) groups excluding carboxylic acids is 1. The van der Waals surface area contributed by atoms with Crippen LogP contribution in [0.1, 0.15) is 10.4 Å². The van der Waals surface area contributed by atoms with Gasteiger partial charge in [0.15, 0.2) is 0 Å². The van der Waals surface area contributed by atoms with Crippen LogP contribution in [-0.2, 0) is 0 Å². The molecule has 0 bridgehead atoms. The molecule has 0 radical (unpaired) electrons. The van der Waals surface area contributed by atoms with Crippen molar-refractivity contribution in [2.75, 3.05) is 11.9 Å². The van der Waals surface area contributed by atoms with Gasteiger partial charge < -0.3 is 4.90 Å². The summed E-state index contributed by atoms with van der Waals surface area (Å²) >= 11 is 11.9. The summed E-state index contributed by atoms with van der Waals surface area (Å²) in [6, 6.07) is 10.1. The normalized spacial score (nSPS) is 10.2. The van der Waals surface area contributed by atoms with Crippen LogP contribution in [0.25, 0.3) is 0 Å². The van der Waals surface area contributed by atoms with E-state index in [0.717, 1.165) is 0 Å². The number of carbonyl (C=O) groups is 1. The number of hydrogen-bond acceptors (Lipinski definition) is 3. The van der Waals surface area contributed by atoms with Gasteiger partial charge in [-0.2, -0.15) is 0 Å². The summed E-state index contributed by atoms with van der Waals surface area (Å²) in [5.74, 6) is -0.339. The number of nitro benzene ring substituents is 1. The first kappa shape index (κ1) is 15.3. The van der Waals surface area contributed by atoms with Gasteiger partial charge in [0.2, 0.25) is 0 Å². The summed E-state index contributed by atoms with van der Waals surface area (Å²) in [4.78, 5) is 23.8. The first-order chi connectivity index (χ1) is 9.90. The Morgan fingerprint density at radius 3 is 2.33 bits per heavy atom. The van der Waals surface area contributed by atoms with E-state index in [1.165, 1.54) is 29.2 Å². The Bertz CT molecular complexity index is 702. The molecule has 0 N–H and O–H groups in total. The van der Waals surface area contributed by atoms with Gasteiger partial charge in [0.1, 0.15) is 0 Å². The maximum Gasteiger partial charge on any atom is 0.269 e. The fraction of sp³-hybridized carbons (Fsp3) is 0.0714. The predicted molar refractivity (Wildman–Crippen MR) is 82.3 cm³/mol. The van der Waals surface area contributed by atoms with Gasteiger partial charge in [-0.05, 0) is 30.3 Å². The fourth-order valence-electron chi connectivity index (χ4n) is 1.77. The molecule has 0 aliphatic rings. The number of rotatable bonds is 3. The number of halogens is 2. The van der Waals surface area contributed by atoms with Crippen molar-refractivity contribution in [3.8, 4) is 0 Å². The number of non-ortho nitro benzene ring substituents is 1. The van der Waals surface area contributed by atoms with Crippen molar-refractivity contribution >= 4 is 40.5 Å². The van der Waals surface area contributed by atoms with Crippen LogP contribution in [0.5, 0.6) is 0 Å². The molecular formula is C14H10Cl2N2O3. The van der Waals surface area contributed by atoms with Gasteiger partial charge in [0.25, 0.3) is 11.6 Å². The Kier molecular flexibility index (Phi) is 4.45. The summed E-state index contributed by atoms with van der Waals surface area (Å²) in [5.41, 5.74) is 0.710. The van der Waals surface area contributed by atoms with Gasteiger partial charge in [-0.25, -0.2) is 0 Å². The molecule has 7 heteroatoms. The third-order valence-corrected chi connectivity index (χ3v) is 3.45. The molecule has 0 saturated carbocycles. The lowest BCUT2D eigenvalue weighted by molar-refractivity contribution is -0.384. The summed E-state index contributed by atoms with van der Waals surface area (Å²) in [6.07, 6.45) is 0. The number of anilines is 1. The first-order valence-electron chi connectivity index (χ1n) is 5.87. The van der Waals surface area contributed by atoms with Crippen LogP contribution in [-0.4, -0.2) is 17.9 Å². The molecule has 0 aliphatic heterocycles. The van der Waals surface area contributed by atoms with Crippen LogP contribution in [0, 0.1) is 10.1 Å². The fourth-order valence-corrected chi connectivity index (χ4v) is 2.18. The number of nitro groups is 1. The molecule has 0 aromatic heterocycles. The molecule has 0 spiro atoms. The molecular weight excluding hydrogens is 315 g/mol. The van der Waals surface area contributed by atoms with E-state index < -0.39 is 4.92 Å². The standard InChI is InChI=1S/C14H10Cl2N2O3/c1-17(13-8-10(15)4-7-12(13)16)14(19)9-2-5-11(6-3-9)18(20)21/h2-8H,1H3. The molecule has 0 fully saturated rings. The Labute approximate surface area is 130 Å². The smallest absolute Gasteiger partial charge is 0.269 e. The Morgan fingerprint density at radius 1 is 1.14 bits per heavy atom. The van der Waals surface area contributed by atoms with Crippen molar-refractivity contribution in [2.24, 2.45) is 0 Å². The minimum absolute atomic E-state index is 0.0741. The summed E-state index contributed by atoms with van der Waals surface area (Å²) in [7, 11) is 1.56. The SMILES string of the molecule is CN(C(=O)c1ccc([N+](=O)[O-])cc1)c1cc(Cl)ccc1Cl. The number of amides is 1. The van der Waals surface area contributed by atoms with Crippen molar-refractivity contribution < 1.29 is 9.72 Å². The molecule has 0 atom stereocenters. The zero-order valence-corrected chi connectivity index (χ0v) is 12.4. The third kappa shape index (κ3) is 3.32. The second-order valence-corrected chi connectivity index (χ2v) is 5.11. The monoisotopic (exact) mass is 324 g/mol. The highest BCUT2D eigenvalue weighted by atomic mass is 35.5. The highest BCUT2D eigenvalue weighted by molar-refractivity contribution is 6.36. The summed E-state index contributed by atoms with van der Waals surface area (Å²) in [6.45, 7) is 0. The van der Waals surface area contributed by atoms with E-state index in [-0.39, 0.29) is 11.6 Å². The van der Waals surface area contributed by atoms with Crippen LogP contribution >= 0.6 is 23.2 Å². The van der Waals surface area contributed by atoms with E-state index in [0.29, 0.717) is 21.3 Å². The minimum Gasteiger partial charge on any atom is -0.310 e. The molecule has 2 rings (SSSR count). The molecule has 0 saturated heterocycles. The predicted octanol–water partition coefficient (Wildman–Crippen LogP) is 4.18. The zero-order valence-electron chi connectivity index (χ0n) is 10.9. The average Bonchev–Trinajstić information content (AvgIpc) is 2.48. The molecule has 108 valence electrons. The van der Waals surface area contributed by atoms with Crippen molar-refractivity contribution in [3.05, 3.63) is 68.2 Å². The summed E-state index contributed by atoms with van der Waals surface area (Å²) < 4.78 is 0. The van der Waals surface area contributed by atoms with Crippen molar-refractivity contribution in [2.45, 2.75) is 0 Å². The van der Waals surface area contributed by atoms with Gasteiger partial charge in [-0.3, -0.25) is 14.9 Å². The lowest BCUT2D eigenvalue weighted by Gasteiger charge is -2.19. The molecule has 2 aromatic rings. The topological polar surface area (TPSA) is 63.5 Å². The van der Waals surface area contributed by atoms with E-state index in [9.17, 15) is 14.9 Å². The van der Waals surface area contributed by atoms with Crippen molar-refractivity contribution in [1.29, 1.82) is 0 Å². The molecule has 2 aromatic carbocycles. The largest absolute Gasteiger partial charge is 0.310 e. The van der Waals surface area contributed by atoms with Gasteiger partial charge in [0, 0.05) is 29.8 Å². The second kappa shape index (κ2) is 6.11. The van der Waals surface area contributed by atoms with Crippen LogP contribution in [0.15, 0.2) is 42.5 Å². The lowest BCUT2D eigenvalue weighted by Crippen LogP contribution is -2.26. The Morgan fingerprint density at radius 2 is 1.76 bits per heavy atom. The number of hydrogen-bond donors (Lipinski definition) is 0. The molecule has 21 heavy (non-hydrogen) atoms. The van der Waals surface area contributed by atoms with Crippen molar-refractivity contribution in [3.63, 3.8) is 0 Å². The zero-order chi connectivity index (χ0) is 15.6. The molecule has 0 heterocycles. The van der Waals surface area contributed by atoms with E-state index in [1.54, 1.807) is 25.2 Å². The molecule has 0 unspecified atom stereocenters. The average molecular weight is 325 g/mol. The second-order valence-electron chi connectivity index (χ2n) is 4.26. The van der Waals surface area contributed by atoms with Crippen LogP contribution in [0.3, 0.4) is 0 Å². The molecule has 5 nitrogen and oxygen atoms in total. The summed E-state index contributed by atoms with van der Waals surface area (Å²) in [5, 5.41) is 11.4. The van der Waals surface area contributed by atoms with Gasteiger partial charge in [0.05, 0.1) is 15.6 Å². The highest BCUT2D eigenvalue weighted by Crippen LogP contribution is 2.29. The van der Waals surface area contributed by atoms with Gasteiger partial charge in [-0.15, -0.1) is 0 Å². The maximum absolute atomic E-state index is 12.3. The van der Waals surface area contributed by atoms with Crippen LogP contribution < -0.4 is 4.90 Å². The van der Waals surface area contributed by atoms with E-state index in [1.807, 2.05) is 0 Å². The quantitative estimate of drug-likeness (QED) is 0.628. The van der Waals surface area contributed by atoms with E-state index >= 15 is 0 Å². The maximum atomic E-state index is 12.3. The molecule has 0 aliphatic carbocycles. The Hall–Kier alpha value is -2.11. The van der Waals surface area contributed by atoms with Gasteiger partial charge in [-0.1, -0.05) is 23.2 Å².